The van der Waals surface area contributed by atoms with Gasteiger partial charge in [-0.05, 0) is 36.8 Å². The van der Waals surface area contributed by atoms with E-state index >= 15 is 0 Å². The van der Waals surface area contributed by atoms with Crippen molar-refractivity contribution < 1.29 is 19.1 Å². The maximum Gasteiger partial charge on any atom is 0.293 e. The van der Waals surface area contributed by atoms with Gasteiger partial charge in [0.05, 0.1) is 19.1 Å². The number of ether oxygens (including phenoxy) is 2. The summed E-state index contributed by atoms with van der Waals surface area (Å²) in [5.74, 6) is 1.27. The summed E-state index contributed by atoms with van der Waals surface area (Å²) in [6.07, 6.45) is -0.427. The van der Waals surface area contributed by atoms with Crippen LogP contribution in [0.5, 0.6) is 5.75 Å². The van der Waals surface area contributed by atoms with E-state index in [9.17, 15) is 9.59 Å². The summed E-state index contributed by atoms with van der Waals surface area (Å²) in [5.41, 5.74) is 1.04. The van der Waals surface area contributed by atoms with E-state index < -0.39 is 6.10 Å². The number of thioether (sulfide) groups is 1. The van der Waals surface area contributed by atoms with Gasteiger partial charge in [-0.2, -0.15) is 0 Å². The number of methoxy groups -OCH3 is 1. The minimum atomic E-state index is -0.427. The zero-order chi connectivity index (χ0) is 19.2. The first-order valence-corrected chi connectivity index (χ1v) is 9.83. The molecule has 3 atom stereocenters. The lowest BCUT2D eigenvalue weighted by Gasteiger charge is -2.49. The molecule has 0 spiro atoms. The number of carbonyl (C=O) groups excluding carboxylic acids is 2. The average Bonchev–Trinajstić information content (AvgIpc) is 2.70. The van der Waals surface area contributed by atoms with Gasteiger partial charge >= 0.3 is 0 Å². The Balaban J connectivity index is 1.71. The minimum Gasteiger partial charge on any atom is -0.497 e. The second kappa shape index (κ2) is 8.95. The molecular formula is C21H23NO4S. The van der Waals surface area contributed by atoms with Gasteiger partial charge in [-0.1, -0.05) is 30.3 Å². The molecule has 1 amide bonds. The third-order valence-corrected chi connectivity index (χ3v) is 5.95. The van der Waals surface area contributed by atoms with Gasteiger partial charge < -0.3 is 14.4 Å². The predicted molar refractivity (Wildman–Crippen MR) is 105 cm³/mol. The topological polar surface area (TPSA) is 55.8 Å². The van der Waals surface area contributed by atoms with E-state index in [-0.39, 0.29) is 17.9 Å². The predicted octanol–water partition coefficient (Wildman–Crippen LogP) is 3.38. The third-order valence-electron chi connectivity index (χ3n) is 4.83. The number of hydrogen-bond acceptors (Lipinski definition) is 5. The number of likely N-dealkylation sites (tertiary alicyclic amines) is 1. The Morgan fingerprint density at radius 1 is 1.15 bits per heavy atom. The molecule has 142 valence electrons. The summed E-state index contributed by atoms with van der Waals surface area (Å²) >= 11 is 1.71. The van der Waals surface area contributed by atoms with E-state index in [1.807, 2.05) is 47.4 Å². The molecule has 1 fully saturated rings. The Labute approximate surface area is 163 Å². The molecule has 0 saturated carbocycles. The van der Waals surface area contributed by atoms with Gasteiger partial charge in [0.1, 0.15) is 11.9 Å². The lowest BCUT2D eigenvalue weighted by atomic mass is 9.84. The summed E-state index contributed by atoms with van der Waals surface area (Å²) < 4.78 is 10.3. The molecule has 0 aromatic heterocycles. The van der Waals surface area contributed by atoms with Crippen molar-refractivity contribution in [2.45, 2.75) is 30.5 Å². The number of amides is 1. The maximum atomic E-state index is 12.7. The van der Waals surface area contributed by atoms with E-state index in [0.29, 0.717) is 13.0 Å². The molecule has 1 aliphatic heterocycles. The fourth-order valence-electron chi connectivity index (χ4n) is 3.33. The first kappa shape index (κ1) is 19.3. The van der Waals surface area contributed by atoms with Gasteiger partial charge in [0.2, 0.25) is 5.91 Å². The van der Waals surface area contributed by atoms with Gasteiger partial charge in [-0.3, -0.25) is 9.59 Å². The largest absolute Gasteiger partial charge is 0.497 e. The van der Waals surface area contributed by atoms with E-state index in [1.54, 1.807) is 25.8 Å². The number of hydrogen-bond donors (Lipinski definition) is 0. The second-order valence-corrected chi connectivity index (χ2v) is 7.56. The fourth-order valence-corrected chi connectivity index (χ4v) is 4.43. The highest BCUT2D eigenvalue weighted by Crippen LogP contribution is 2.36. The van der Waals surface area contributed by atoms with Crippen molar-refractivity contribution in [2.24, 2.45) is 5.92 Å². The average molecular weight is 385 g/mol. The summed E-state index contributed by atoms with van der Waals surface area (Å²) in [6.45, 7) is 2.74. The maximum absolute atomic E-state index is 12.7. The van der Waals surface area contributed by atoms with Crippen molar-refractivity contribution in [1.82, 2.24) is 4.90 Å². The third kappa shape index (κ3) is 4.45. The molecule has 1 saturated heterocycles. The number of benzene rings is 2. The number of carbonyl (C=O) groups is 2. The lowest BCUT2D eigenvalue weighted by Crippen LogP contribution is -2.65. The first-order chi connectivity index (χ1) is 13.1. The SMILES string of the molecule is COc1ccc(CN2C(=O)[C@H]([C@@H](C)OC=O)[C@H]2CSc2ccccc2)cc1. The Morgan fingerprint density at radius 2 is 1.85 bits per heavy atom. The summed E-state index contributed by atoms with van der Waals surface area (Å²) in [5, 5.41) is 0. The molecule has 2 aromatic rings. The Morgan fingerprint density at radius 3 is 2.48 bits per heavy atom. The van der Waals surface area contributed by atoms with Crippen molar-refractivity contribution in [2.75, 3.05) is 12.9 Å². The highest BCUT2D eigenvalue weighted by molar-refractivity contribution is 7.99. The summed E-state index contributed by atoms with van der Waals surface area (Å²) in [4.78, 5) is 26.5. The molecule has 5 nitrogen and oxygen atoms in total. The van der Waals surface area contributed by atoms with Gasteiger partial charge in [0.15, 0.2) is 0 Å². The Kier molecular flexibility index (Phi) is 6.40. The van der Waals surface area contributed by atoms with E-state index in [0.717, 1.165) is 22.0 Å². The van der Waals surface area contributed by atoms with Crippen molar-refractivity contribution >= 4 is 24.1 Å². The summed E-state index contributed by atoms with van der Waals surface area (Å²) in [6, 6.07) is 17.8. The lowest BCUT2D eigenvalue weighted by molar-refractivity contribution is -0.167. The van der Waals surface area contributed by atoms with Crippen LogP contribution in [-0.2, 0) is 20.9 Å². The molecule has 27 heavy (non-hydrogen) atoms. The van der Waals surface area contributed by atoms with E-state index in [1.165, 1.54) is 0 Å². The van der Waals surface area contributed by atoms with Crippen LogP contribution in [0.3, 0.4) is 0 Å². The van der Waals surface area contributed by atoms with Crippen LogP contribution in [0.1, 0.15) is 12.5 Å². The molecule has 3 rings (SSSR count). The molecule has 1 heterocycles. The Hall–Kier alpha value is -2.47. The van der Waals surface area contributed by atoms with Crippen LogP contribution >= 0.6 is 11.8 Å². The normalized spacial score (nSPS) is 19.9. The Bertz CT molecular complexity index is 766. The summed E-state index contributed by atoms with van der Waals surface area (Å²) in [7, 11) is 1.63. The zero-order valence-corrected chi connectivity index (χ0v) is 16.2. The highest BCUT2D eigenvalue weighted by atomic mass is 32.2. The van der Waals surface area contributed by atoms with Crippen molar-refractivity contribution in [3.05, 3.63) is 60.2 Å². The van der Waals surface area contributed by atoms with Crippen molar-refractivity contribution in [3.8, 4) is 5.75 Å². The van der Waals surface area contributed by atoms with Crippen molar-refractivity contribution in [3.63, 3.8) is 0 Å². The monoisotopic (exact) mass is 385 g/mol. The first-order valence-electron chi connectivity index (χ1n) is 8.84. The van der Waals surface area contributed by atoms with Gasteiger partial charge in [0, 0.05) is 17.2 Å². The van der Waals surface area contributed by atoms with E-state index in [2.05, 4.69) is 12.1 Å². The minimum absolute atomic E-state index is 0.0137. The molecule has 0 radical (unpaired) electrons. The van der Waals surface area contributed by atoms with Crippen LogP contribution in [0.15, 0.2) is 59.5 Å². The highest BCUT2D eigenvalue weighted by Gasteiger charge is 2.50. The van der Waals surface area contributed by atoms with Gasteiger partial charge in [0.25, 0.3) is 6.47 Å². The quantitative estimate of drug-likeness (QED) is 0.376. The van der Waals surface area contributed by atoms with Crippen LogP contribution in [-0.4, -0.2) is 42.3 Å². The number of β-lactam (4-membered cyclic amide) rings is 1. The molecule has 0 N–H and O–H groups in total. The molecule has 0 bridgehead atoms. The van der Waals surface area contributed by atoms with Crippen LogP contribution in [0.4, 0.5) is 0 Å². The standard InChI is InChI=1S/C21H23NO4S/c1-15(26-14-23)20-19(13-27-18-6-4-3-5-7-18)22(21(20)24)12-16-8-10-17(25-2)11-9-16/h3-11,14-15,19-20H,12-13H2,1-2H3/t15-,19-,20-/m1/s1. The molecule has 1 aliphatic rings. The van der Waals surface area contributed by atoms with Crippen molar-refractivity contribution in [1.29, 1.82) is 0 Å². The van der Waals surface area contributed by atoms with E-state index in [4.69, 9.17) is 9.47 Å². The molecule has 0 unspecified atom stereocenters. The van der Waals surface area contributed by atoms with Crippen LogP contribution in [0.2, 0.25) is 0 Å². The fraction of sp³-hybridized carbons (Fsp3) is 0.333. The molecule has 2 aromatic carbocycles. The van der Waals surface area contributed by atoms with Crippen LogP contribution in [0, 0.1) is 5.92 Å². The molecule has 0 aliphatic carbocycles. The number of nitrogens with zero attached hydrogens (tertiary/aromatic N) is 1. The second-order valence-electron chi connectivity index (χ2n) is 6.47. The molecular weight excluding hydrogens is 362 g/mol. The van der Waals surface area contributed by atoms with Crippen LogP contribution in [0.25, 0.3) is 0 Å². The number of rotatable bonds is 9. The zero-order valence-electron chi connectivity index (χ0n) is 15.4. The van der Waals surface area contributed by atoms with Crippen LogP contribution < -0.4 is 4.74 Å². The van der Waals surface area contributed by atoms with Gasteiger partial charge in [-0.25, -0.2) is 0 Å². The molecule has 6 heteroatoms. The smallest absolute Gasteiger partial charge is 0.293 e. The van der Waals surface area contributed by atoms with Gasteiger partial charge in [-0.15, -0.1) is 11.8 Å².